The molecule has 6 nitrogen and oxygen atoms in total. The first-order valence-corrected chi connectivity index (χ1v) is 7.90. The van der Waals surface area contributed by atoms with Crippen molar-refractivity contribution in [3.63, 3.8) is 0 Å². The number of rotatable bonds is 13. The van der Waals surface area contributed by atoms with Crippen LogP contribution in [0.1, 0.15) is 42.0 Å². The second-order valence-electron chi connectivity index (χ2n) is 4.31. The summed E-state index contributed by atoms with van der Waals surface area (Å²) in [6.45, 7) is 14.3. The summed E-state index contributed by atoms with van der Waals surface area (Å²) in [4.78, 5) is 11.3. The number of ether oxygens (including phenoxy) is 3. The normalized spacial score (nSPS) is 9.73. The molecule has 0 saturated carbocycles. The van der Waals surface area contributed by atoms with Gasteiger partial charge in [0.15, 0.2) is 0 Å². The number of nitrogens with one attached hydrogen (secondary N) is 2. The average Bonchev–Trinajstić information content (AvgIpc) is 2.49. The molecule has 0 aromatic heterocycles. The van der Waals surface area contributed by atoms with E-state index >= 15 is 0 Å². The number of carbonyl (C=O) groups excluding carboxylic acids is 1. The van der Waals surface area contributed by atoms with Gasteiger partial charge in [-0.15, -0.1) is 0 Å². The van der Waals surface area contributed by atoms with Crippen LogP contribution in [-0.4, -0.2) is 64.7 Å². The molecule has 2 N–H and O–H groups in total. The maximum atomic E-state index is 11.3. The predicted molar refractivity (Wildman–Crippen MR) is 92.4 cm³/mol. The molecule has 0 spiro atoms. The second-order valence-corrected chi connectivity index (χ2v) is 4.31. The third kappa shape index (κ3) is 24.3. The Morgan fingerprint density at radius 1 is 0.955 bits per heavy atom. The van der Waals surface area contributed by atoms with E-state index in [1.54, 1.807) is 0 Å². The van der Waals surface area contributed by atoms with Crippen molar-refractivity contribution in [1.82, 2.24) is 10.6 Å². The summed E-state index contributed by atoms with van der Waals surface area (Å²) in [5.74, 6) is -0.00901. The minimum Gasteiger partial charge on any atom is -0.379 e. The van der Waals surface area contributed by atoms with E-state index in [0.29, 0.717) is 58.8 Å². The molecule has 0 bridgehead atoms. The molecule has 0 aliphatic heterocycles. The van der Waals surface area contributed by atoms with Crippen LogP contribution >= 0.6 is 0 Å². The molecule has 0 radical (unpaired) electrons. The van der Waals surface area contributed by atoms with Gasteiger partial charge in [0.2, 0.25) is 5.91 Å². The van der Waals surface area contributed by atoms with Crippen molar-refractivity contribution in [3.8, 4) is 0 Å². The molecule has 0 aromatic carbocycles. The number of carbonyl (C=O) groups is 1. The van der Waals surface area contributed by atoms with Gasteiger partial charge in [-0.25, -0.2) is 0 Å². The van der Waals surface area contributed by atoms with E-state index in [0.717, 1.165) is 0 Å². The lowest BCUT2D eigenvalue weighted by atomic mass is 10.4. The van der Waals surface area contributed by atoms with Crippen molar-refractivity contribution in [2.45, 2.75) is 48.1 Å². The topological polar surface area (TPSA) is 68.8 Å². The van der Waals surface area contributed by atoms with Crippen LogP contribution in [0.2, 0.25) is 0 Å². The zero-order valence-electron chi connectivity index (χ0n) is 14.4. The molecular formula is C16H38N2O4. The lowest BCUT2D eigenvalue weighted by molar-refractivity contribution is -0.120. The first kappa shape index (κ1) is 26.2. The molecule has 0 rings (SSSR count). The fourth-order valence-electron chi connectivity index (χ4n) is 1.21. The second kappa shape index (κ2) is 22.6. The molecule has 22 heavy (non-hydrogen) atoms. The third-order valence-corrected chi connectivity index (χ3v) is 2.19. The molecule has 0 aliphatic carbocycles. The van der Waals surface area contributed by atoms with E-state index in [-0.39, 0.29) is 13.3 Å². The Balaban J connectivity index is -0.00000115. The smallest absolute Gasteiger partial charge is 0.234 e. The summed E-state index contributed by atoms with van der Waals surface area (Å²) in [5.41, 5.74) is 0. The van der Waals surface area contributed by atoms with Gasteiger partial charge >= 0.3 is 0 Å². The lowest BCUT2D eigenvalue weighted by Gasteiger charge is -2.09. The van der Waals surface area contributed by atoms with Crippen molar-refractivity contribution >= 4 is 5.91 Å². The Labute approximate surface area is 137 Å². The summed E-state index contributed by atoms with van der Waals surface area (Å²) >= 11 is 0. The fraction of sp³-hybridized carbons (Fsp3) is 0.938. The summed E-state index contributed by atoms with van der Waals surface area (Å²) in [6, 6.07) is 0.316. The molecule has 6 heteroatoms. The van der Waals surface area contributed by atoms with E-state index < -0.39 is 0 Å². The minimum absolute atomic E-state index is 0. The van der Waals surface area contributed by atoms with E-state index in [1.165, 1.54) is 0 Å². The van der Waals surface area contributed by atoms with E-state index in [9.17, 15) is 4.79 Å². The first-order valence-electron chi connectivity index (χ1n) is 7.90. The summed E-state index contributed by atoms with van der Waals surface area (Å²) < 4.78 is 15.7. The summed E-state index contributed by atoms with van der Waals surface area (Å²) in [6.07, 6.45) is 0. The lowest BCUT2D eigenvalue weighted by Crippen LogP contribution is -2.38. The van der Waals surface area contributed by atoms with Gasteiger partial charge in [-0.1, -0.05) is 35.1 Å². The van der Waals surface area contributed by atoms with Crippen molar-refractivity contribution in [3.05, 3.63) is 0 Å². The van der Waals surface area contributed by atoms with Gasteiger partial charge in [-0.2, -0.15) is 0 Å². The predicted octanol–water partition coefficient (Wildman–Crippen LogP) is 1.83. The molecular weight excluding hydrogens is 284 g/mol. The molecule has 0 heterocycles. The van der Waals surface area contributed by atoms with Crippen molar-refractivity contribution in [2.24, 2.45) is 0 Å². The Kier molecular flexibility index (Phi) is 26.9. The molecule has 1 amide bonds. The highest BCUT2D eigenvalue weighted by Gasteiger charge is 2.00. The van der Waals surface area contributed by atoms with Gasteiger partial charge in [0.1, 0.15) is 0 Å². The average molecular weight is 322 g/mol. The quantitative estimate of drug-likeness (QED) is 0.506. The Morgan fingerprint density at radius 3 is 1.95 bits per heavy atom. The monoisotopic (exact) mass is 322 g/mol. The van der Waals surface area contributed by atoms with E-state index in [2.05, 4.69) is 10.6 Å². The fourth-order valence-corrected chi connectivity index (χ4v) is 1.21. The molecule has 136 valence electrons. The molecule has 0 saturated heterocycles. The molecule has 0 unspecified atom stereocenters. The van der Waals surface area contributed by atoms with Crippen LogP contribution in [0.25, 0.3) is 0 Å². The maximum Gasteiger partial charge on any atom is 0.234 e. The zero-order chi connectivity index (χ0) is 16.3. The SMILES string of the molecule is C.CC.CCOCCOCCOCCNC(=O)CNC(C)C. The van der Waals surface area contributed by atoms with Crippen LogP contribution < -0.4 is 10.6 Å². The Hall–Kier alpha value is -0.690. The number of hydrogen-bond acceptors (Lipinski definition) is 5. The molecule has 0 aliphatic rings. The van der Waals surface area contributed by atoms with Crippen LogP contribution in [0.4, 0.5) is 0 Å². The van der Waals surface area contributed by atoms with Gasteiger partial charge in [0, 0.05) is 19.2 Å². The van der Waals surface area contributed by atoms with E-state index in [1.807, 2.05) is 34.6 Å². The van der Waals surface area contributed by atoms with Crippen LogP contribution in [0.3, 0.4) is 0 Å². The van der Waals surface area contributed by atoms with Gasteiger partial charge < -0.3 is 24.8 Å². The Morgan fingerprint density at radius 2 is 1.45 bits per heavy atom. The maximum absolute atomic E-state index is 11.3. The number of amides is 1. The highest BCUT2D eigenvalue weighted by molar-refractivity contribution is 5.77. The van der Waals surface area contributed by atoms with Gasteiger partial charge in [0.25, 0.3) is 0 Å². The summed E-state index contributed by atoms with van der Waals surface area (Å²) in [7, 11) is 0. The third-order valence-electron chi connectivity index (χ3n) is 2.19. The van der Waals surface area contributed by atoms with Crippen molar-refractivity contribution in [1.29, 1.82) is 0 Å². The van der Waals surface area contributed by atoms with Crippen molar-refractivity contribution in [2.75, 3.05) is 52.7 Å². The minimum atomic E-state index is -0.00901. The van der Waals surface area contributed by atoms with Crippen LogP contribution in [0.15, 0.2) is 0 Å². The van der Waals surface area contributed by atoms with Crippen molar-refractivity contribution < 1.29 is 19.0 Å². The van der Waals surface area contributed by atoms with Gasteiger partial charge in [-0.05, 0) is 6.92 Å². The highest BCUT2D eigenvalue weighted by Crippen LogP contribution is 1.81. The summed E-state index contributed by atoms with van der Waals surface area (Å²) in [5, 5.41) is 5.82. The van der Waals surface area contributed by atoms with Crippen LogP contribution in [-0.2, 0) is 19.0 Å². The standard InChI is InChI=1S/C13H28N2O4.C2H6.CH4/c1-4-17-7-8-19-10-9-18-6-5-14-13(16)11-15-12(2)3;1-2;/h12,15H,4-11H2,1-3H3,(H,14,16);1-2H3;1H4. The van der Waals surface area contributed by atoms with Crippen LogP contribution in [0.5, 0.6) is 0 Å². The number of hydrogen-bond donors (Lipinski definition) is 2. The van der Waals surface area contributed by atoms with Gasteiger partial charge in [-0.3, -0.25) is 4.79 Å². The molecule has 0 fully saturated rings. The highest BCUT2D eigenvalue weighted by atomic mass is 16.5. The molecule has 0 aromatic rings. The zero-order valence-corrected chi connectivity index (χ0v) is 14.4. The first-order chi connectivity index (χ1) is 10.2. The van der Waals surface area contributed by atoms with Crippen LogP contribution in [0, 0.1) is 0 Å². The largest absolute Gasteiger partial charge is 0.379 e. The molecule has 0 atom stereocenters. The Bertz CT molecular complexity index is 214. The van der Waals surface area contributed by atoms with Gasteiger partial charge in [0.05, 0.1) is 39.6 Å². The van der Waals surface area contributed by atoms with E-state index in [4.69, 9.17) is 14.2 Å².